The lowest BCUT2D eigenvalue weighted by Crippen LogP contribution is -2.23. The summed E-state index contributed by atoms with van der Waals surface area (Å²) in [6.07, 6.45) is 8.78. The Morgan fingerprint density at radius 2 is 2.26 bits per heavy atom. The molecule has 2 nitrogen and oxygen atoms in total. The van der Waals surface area contributed by atoms with Crippen molar-refractivity contribution in [2.45, 2.75) is 64.9 Å². The maximum atomic E-state index is 5.68. The molecule has 1 rings (SSSR count). The van der Waals surface area contributed by atoms with E-state index in [-0.39, 0.29) is 0 Å². The highest BCUT2D eigenvalue weighted by molar-refractivity contribution is 4.99. The Bertz CT molecular complexity index is 244. The molecular weight excluding hydrogens is 236 g/mol. The summed E-state index contributed by atoms with van der Waals surface area (Å²) >= 11 is 0. The molecule has 1 fully saturated rings. The molecule has 1 saturated heterocycles. The van der Waals surface area contributed by atoms with E-state index >= 15 is 0 Å². The lowest BCUT2D eigenvalue weighted by atomic mass is 9.88. The second-order valence-corrected chi connectivity index (χ2v) is 6.14. The van der Waals surface area contributed by atoms with Crippen LogP contribution in [0.5, 0.6) is 0 Å². The molecule has 0 radical (unpaired) electrons. The summed E-state index contributed by atoms with van der Waals surface area (Å²) in [6, 6.07) is 0. The molecule has 0 aromatic carbocycles. The SMILES string of the molecule is C=C(CC1CCCOC1)C[C@H](OC)[C@@H](C)CCCC. The maximum absolute atomic E-state index is 5.68. The summed E-state index contributed by atoms with van der Waals surface area (Å²) in [7, 11) is 1.84. The fourth-order valence-electron chi connectivity index (χ4n) is 2.97. The first kappa shape index (κ1) is 16.7. The second-order valence-electron chi connectivity index (χ2n) is 6.14. The van der Waals surface area contributed by atoms with Crippen LogP contribution in [0.25, 0.3) is 0 Å². The molecule has 3 atom stereocenters. The lowest BCUT2D eigenvalue weighted by molar-refractivity contribution is 0.0449. The van der Waals surface area contributed by atoms with Crippen molar-refractivity contribution in [3.63, 3.8) is 0 Å². The highest BCUT2D eigenvalue weighted by Gasteiger charge is 2.20. The predicted molar refractivity (Wildman–Crippen MR) is 81.4 cm³/mol. The van der Waals surface area contributed by atoms with E-state index in [9.17, 15) is 0 Å². The second kappa shape index (κ2) is 9.55. The first-order chi connectivity index (χ1) is 9.17. The molecule has 0 saturated carbocycles. The van der Waals surface area contributed by atoms with E-state index < -0.39 is 0 Å². The maximum Gasteiger partial charge on any atom is 0.0633 e. The summed E-state index contributed by atoms with van der Waals surface area (Å²) in [4.78, 5) is 0. The van der Waals surface area contributed by atoms with Gasteiger partial charge >= 0.3 is 0 Å². The molecule has 1 aliphatic heterocycles. The van der Waals surface area contributed by atoms with Gasteiger partial charge < -0.3 is 9.47 Å². The fraction of sp³-hybridized carbons (Fsp3) is 0.882. The number of methoxy groups -OCH3 is 1. The molecule has 0 spiro atoms. The van der Waals surface area contributed by atoms with Crippen molar-refractivity contribution in [1.29, 1.82) is 0 Å². The van der Waals surface area contributed by atoms with E-state index in [1.807, 2.05) is 7.11 Å². The zero-order valence-electron chi connectivity index (χ0n) is 13.1. The van der Waals surface area contributed by atoms with Crippen LogP contribution in [0.3, 0.4) is 0 Å². The zero-order valence-corrected chi connectivity index (χ0v) is 13.1. The summed E-state index contributed by atoms with van der Waals surface area (Å²) in [5.74, 6) is 1.31. The average Bonchev–Trinajstić information content (AvgIpc) is 2.43. The van der Waals surface area contributed by atoms with Gasteiger partial charge in [-0.2, -0.15) is 0 Å². The Hall–Kier alpha value is -0.340. The van der Waals surface area contributed by atoms with Gasteiger partial charge in [0.1, 0.15) is 0 Å². The van der Waals surface area contributed by atoms with E-state index in [4.69, 9.17) is 9.47 Å². The van der Waals surface area contributed by atoms with Gasteiger partial charge in [0.15, 0.2) is 0 Å². The van der Waals surface area contributed by atoms with Crippen molar-refractivity contribution < 1.29 is 9.47 Å². The lowest BCUT2D eigenvalue weighted by Gasteiger charge is -2.26. The molecule has 0 N–H and O–H groups in total. The standard InChI is InChI=1S/C17H32O2/c1-5-6-8-15(3)17(18-4)12-14(2)11-16-9-7-10-19-13-16/h15-17H,2,5-13H2,1,3-4H3/t15-,16?,17-/m0/s1. The molecule has 2 heteroatoms. The third kappa shape index (κ3) is 6.58. The van der Waals surface area contributed by atoms with Gasteiger partial charge in [0.05, 0.1) is 6.10 Å². The van der Waals surface area contributed by atoms with Crippen LogP contribution in [0.2, 0.25) is 0 Å². The van der Waals surface area contributed by atoms with Crippen LogP contribution in [-0.2, 0) is 9.47 Å². The quantitative estimate of drug-likeness (QED) is 0.569. The van der Waals surface area contributed by atoms with Crippen LogP contribution in [0.4, 0.5) is 0 Å². The third-order valence-electron chi connectivity index (χ3n) is 4.27. The van der Waals surface area contributed by atoms with Crippen LogP contribution in [-0.4, -0.2) is 26.4 Å². The summed E-state index contributed by atoms with van der Waals surface area (Å²) < 4.78 is 11.2. The van der Waals surface area contributed by atoms with Crippen molar-refractivity contribution >= 4 is 0 Å². The Balaban J connectivity index is 2.30. The average molecular weight is 268 g/mol. The Kier molecular flexibility index (Phi) is 8.40. The number of hydrogen-bond acceptors (Lipinski definition) is 2. The molecule has 1 heterocycles. The van der Waals surface area contributed by atoms with Gasteiger partial charge in [0, 0.05) is 20.3 Å². The number of hydrogen-bond donors (Lipinski definition) is 0. The molecule has 0 bridgehead atoms. The predicted octanol–water partition coefficient (Wildman–Crippen LogP) is 4.59. The third-order valence-corrected chi connectivity index (χ3v) is 4.27. The monoisotopic (exact) mass is 268 g/mol. The van der Waals surface area contributed by atoms with Crippen molar-refractivity contribution in [3.8, 4) is 0 Å². The summed E-state index contributed by atoms with van der Waals surface area (Å²) in [5.41, 5.74) is 1.34. The van der Waals surface area contributed by atoms with Gasteiger partial charge in [-0.1, -0.05) is 38.8 Å². The van der Waals surface area contributed by atoms with Crippen molar-refractivity contribution in [1.82, 2.24) is 0 Å². The molecule has 19 heavy (non-hydrogen) atoms. The van der Waals surface area contributed by atoms with Crippen molar-refractivity contribution in [2.75, 3.05) is 20.3 Å². The summed E-state index contributed by atoms with van der Waals surface area (Å²) in [5, 5.41) is 0. The Morgan fingerprint density at radius 3 is 2.84 bits per heavy atom. The molecule has 0 aromatic rings. The number of ether oxygens (including phenoxy) is 2. The molecular formula is C17H32O2. The molecule has 0 aromatic heterocycles. The number of unbranched alkanes of at least 4 members (excludes halogenated alkanes) is 1. The minimum Gasteiger partial charge on any atom is -0.381 e. The largest absolute Gasteiger partial charge is 0.381 e. The van der Waals surface area contributed by atoms with Gasteiger partial charge in [-0.15, -0.1) is 0 Å². The number of rotatable bonds is 9. The van der Waals surface area contributed by atoms with Crippen LogP contribution < -0.4 is 0 Å². The molecule has 1 unspecified atom stereocenters. The molecule has 112 valence electrons. The molecule has 1 aliphatic rings. The molecule has 0 amide bonds. The minimum absolute atomic E-state index is 0.337. The van der Waals surface area contributed by atoms with Crippen molar-refractivity contribution in [2.24, 2.45) is 11.8 Å². The van der Waals surface area contributed by atoms with E-state index in [2.05, 4.69) is 20.4 Å². The van der Waals surface area contributed by atoms with Gasteiger partial charge in [-0.05, 0) is 43.9 Å². The topological polar surface area (TPSA) is 18.5 Å². The van der Waals surface area contributed by atoms with E-state index in [0.29, 0.717) is 17.9 Å². The van der Waals surface area contributed by atoms with Gasteiger partial charge in [-0.25, -0.2) is 0 Å². The van der Waals surface area contributed by atoms with Crippen LogP contribution in [0.15, 0.2) is 12.2 Å². The zero-order chi connectivity index (χ0) is 14.1. The highest BCUT2D eigenvalue weighted by Crippen LogP contribution is 2.26. The Morgan fingerprint density at radius 1 is 1.47 bits per heavy atom. The van der Waals surface area contributed by atoms with Crippen molar-refractivity contribution in [3.05, 3.63) is 12.2 Å². The van der Waals surface area contributed by atoms with E-state index in [0.717, 1.165) is 26.1 Å². The molecule has 0 aliphatic carbocycles. The first-order valence-corrected chi connectivity index (χ1v) is 7.94. The van der Waals surface area contributed by atoms with Crippen LogP contribution in [0.1, 0.15) is 58.8 Å². The first-order valence-electron chi connectivity index (χ1n) is 7.94. The fourth-order valence-corrected chi connectivity index (χ4v) is 2.97. The van der Waals surface area contributed by atoms with Crippen LogP contribution >= 0.6 is 0 Å². The van der Waals surface area contributed by atoms with E-state index in [1.165, 1.54) is 37.7 Å². The van der Waals surface area contributed by atoms with Gasteiger partial charge in [-0.3, -0.25) is 0 Å². The Labute approximate surface area is 119 Å². The van der Waals surface area contributed by atoms with Crippen LogP contribution in [0, 0.1) is 11.8 Å². The minimum atomic E-state index is 0.337. The van der Waals surface area contributed by atoms with E-state index in [1.54, 1.807) is 0 Å². The summed E-state index contributed by atoms with van der Waals surface area (Å²) in [6.45, 7) is 10.7. The van der Waals surface area contributed by atoms with Gasteiger partial charge in [0.2, 0.25) is 0 Å². The normalized spacial score (nSPS) is 23.0. The smallest absolute Gasteiger partial charge is 0.0633 e. The highest BCUT2D eigenvalue weighted by atomic mass is 16.5. The van der Waals surface area contributed by atoms with Gasteiger partial charge in [0.25, 0.3) is 0 Å².